The highest BCUT2D eigenvalue weighted by Gasteiger charge is 2.02. The molecule has 0 amide bonds. The molecule has 0 aromatic carbocycles. The van der Waals surface area contributed by atoms with E-state index in [0.717, 1.165) is 22.4 Å². The minimum Gasteiger partial charge on any atom is -0.369 e. The first-order valence-electron chi connectivity index (χ1n) is 4.87. The van der Waals surface area contributed by atoms with Crippen molar-refractivity contribution in [3.05, 3.63) is 34.5 Å². The molecule has 0 aliphatic rings. The molecule has 0 unspecified atom stereocenters. The van der Waals surface area contributed by atoms with E-state index in [0.29, 0.717) is 12.3 Å². The topological polar surface area (TPSA) is 63.8 Å². The van der Waals surface area contributed by atoms with E-state index in [1.54, 1.807) is 6.20 Å². The zero-order valence-corrected chi connectivity index (χ0v) is 10.4. The Labute approximate surface area is 101 Å². The first-order valence-corrected chi connectivity index (χ1v) is 5.66. The van der Waals surface area contributed by atoms with E-state index in [1.165, 1.54) is 6.33 Å². The van der Waals surface area contributed by atoms with Crippen LogP contribution in [0.5, 0.6) is 0 Å². The Balaban J connectivity index is 1.90. The Morgan fingerprint density at radius 3 is 3.00 bits per heavy atom. The lowest BCUT2D eigenvalue weighted by atomic mass is 10.3. The highest BCUT2D eigenvalue weighted by Crippen LogP contribution is 2.16. The molecule has 0 bridgehead atoms. The number of aromatic nitrogens is 3. The van der Waals surface area contributed by atoms with Gasteiger partial charge in [-0.15, -0.1) is 0 Å². The maximum absolute atomic E-state index is 4.89. The highest BCUT2D eigenvalue weighted by atomic mass is 79.9. The van der Waals surface area contributed by atoms with Gasteiger partial charge in [0.15, 0.2) is 6.33 Å². The number of hydrogen-bond donors (Lipinski definition) is 1. The third-order valence-corrected chi connectivity index (χ3v) is 2.52. The number of nitrogens with zero attached hydrogens (tertiary/aromatic N) is 3. The van der Waals surface area contributed by atoms with Crippen LogP contribution in [-0.2, 0) is 6.42 Å². The number of aryl methyl sites for hydroxylation is 1. The van der Waals surface area contributed by atoms with Crippen LogP contribution in [0.4, 0.5) is 5.82 Å². The third-order valence-electron chi connectivity index (χ3n) is 2.08. The summed E-state index contributed by atoms with van der Waals surface area (Å²) in [5.74, 6) is 1.50. The molecule has 0 atom stereocenters. The average molecular weight is 283 g/mol. The molecule has 0 saturated carbocycles. The summed E-state index contributed by atoms with van der Waals surface area (Å²) in [7, 11) is 0. The van der Waals surface area contributed by atoms with E-state index < -0.39 is 0 Å². The van der Waals surface area contributed by atoms with Crippen molar-refractivity contribution < 1.29 is 4.52 Å². The van der Waals surface area contributed by atoms with E-state index >= 15 is 0 Å². The Morgan fingerprint density at radius 1 is 1.44 bits per heavy atom. The Hall–Kier alpha value is -1.43. The van der Waals surface area contributed by atoms with Gasteiger partial charge in [0.1, 0.15) is 5.82 Å². The van der Waals surface area contributed by atoms with Crippen molar-refractivity contribution in [2.75, 3.05) is 11.9 Å². The fraction of sp³-hybridized carbons (Fsp3) is 0.300. The van der Waals surface area contributed by atoms with Crippen LogP contribution in [0.3, 0.4) is 0 Å². The first-order chi connectivity index (χ1) is 7.75. The van der Waals surface area contributed by atoms with Crippen LogP contribution < -0.4 is 5.32 Å². The van der Waals surface area contributed by atoms with Crippen molar-refractivity contribution in [3.63, 3.8) is 0 Å². The van der Waals surface area contributed by atoms with Gasteiger partial charge in [0.05, 0.1) is 0 Å². The summed E-state index contributed by atoms with van der Waals surface area (Å²) >= 11 is 3.37. The summed E-state index contributed by atoms with van der Waals surface area (Å²) in [5.41, 5.74) is 1.10. The second-order valence-corrected chi connectivity index (χ2v) is 4.25. The lowest BCUT2D eigenvalue weighted by Gasteiger charge is -2.06. The molecule has 0 radical (unpaired) electrons. The molecule has 2 aromatic rings. The van der Waals surface area contributed by atoms with Crippen LogP contribution in [0, 0.1) is 6.92 Å². The van der Waals surface area contributed by atoms with Gasteiger partial charge in [-0.25, -0.2) is 4.98 Å². The molecule has 2 aromatic heterocycles. The summed E-state index contributed by atoms with van der Waals surface area (Å²) in [6.07, 6.45) is 3.86. The lowest BCUT2D eigenvalue weighted by molar-refractivity contribution is 0.379. The van der Waals surface area contributed by atoms with Crippen LogP contribution in [0.1, 0.15) is 11.5 Å². The van der Waals surface area contributed by atoms with Crippen LogP contribution >= 0.6 is 15.9 Å². The van der Waals surface area contributed by atoms with E-state index in [2.05, 4.69) is 36.4 Å². The number of anilines is 1. The molecule has 16 heavy (non-hydrogen) atoms. The fourth-order valence-corrected chi connectivity index (χ4v) is 1.77. The van der Waals surface area contributed by atoms with Crippen molar-refractivity contribution in [2.45, 2.75) is 13.3 Å². The fourth-order valence-electron chi connectivity index (χ4n) is 1.32. The molecule has 5 nitrogen and oxygen atoms in total. The van der Waals surface area contributed by atoms with Gasteiger partial charge >= 0.3 is 0 Å². The summed E-state index contributed by atoms with van der Waals surface area (Å²) < 4.78 is 5.87. The van der Waals surface area contributed by atoms with Crippen molar-refractivity contribution in [1.29, 1.82) is 0 Å². The minimum absolute atomic E-state index is 0.627. The lowest BCUT2D eigenvalue weighted by Crippen LogP contribution is -2.07. The van der Waals surface area contributed by atoms with Crippen molar-refractivity contribution in [3.8, 4) is 0 Å². The van der Waals surface area contributed by atoms with E-state index in [1.807, 2.05) is 13.0 Å². The Bertz CT molecular complexity index is 458. The molecule has 0 aliphatic heterocycles. The molecule has 1 N–H and O–H groups in total. The molecule has 2 heterocycles. The zero-order chi connectivity index (χ0) is 11.4. The van der Waals surface area contributed by atoms with Gasteiger partial charge in [-0.05, 0) is 34.5 Å². The summed E-state index contributed by atoms with van der Waals surface area (Å²) in [6, 6.07) is 2.02. The normalized spacial score (nSPS) is 10.4. The monoisotopic (exact) mass is 282 g/mol. The molecule has 84 valence electrons. The highest BCUT2D eigenvalue weighted by molar-refractivity contribution is 9.10. The van der Waals surface area contributed by atoms with Crippen LogP contribution in [-0.4, -0.2) is 21.7 Å². The summed E-state index contributed by atoms with van der Waals surface area (Å²) in [5, 5.41) is 6.76. The Morgan fingerprint density at radius 2 is 2.31 bits per heavy atom. The van der Waals surface area contributed by atoms with Gasteiger partial charge in [-0.2, -0.15) is 4.98 Å². The SMILES string of the molecule is Cc1cc(Br)cnc1NCCc1ncno1. The second kappa shape index (κ2) is 5.07. The van der Waals surface area contributed by atoms with Gasteiger partial charge in [0, 0.05) is 23.6 Å². The van der Waals surface area contributed by atoms with Crippen molar-refractivity contribution in [1.82, 2.24) is 15.1 Å². The summed E-state index contributed by atoms with van der Waals surface area (Å²) in [4.78, 5) is 8.21. The van der Waals surface area contributed by atoms with Crippen molar-refractivity contribution in [2.24, 2.45) is 0 Å². The number of halogens is 1. The first kappa shape index (κ1) is 11.1. The third kappa shape index (κ3) is 2.79. The smallest absolute Gasteiger partial charge is 0.228 e. The quantitative estimate of drug-likeness (QED) is 0.931. The van der Waals surface area contributed by atoms with Crippen molar-refractivity contribution >= 4 is 21.7 Å². The van der Waals surface area contributed by atoms with E-state index in [4.69, 9.17) is 4.52 Å². The second-order valence-electron chi connectivity index (χ2n) is 3.33. The molecular formula is C10H11BrN4O. The van der Waals surface area contributed by atoms with Gasteiger partial charge < -0.3 is 9.84 Å². The zero-order valence-electron chi connectivity index (χ0n) is 8.77. The van der Waals surface area contributed by atoms with E-state index in [9.17, 15) is 0 Å². The number of rotatable bonds is 4. The number of nitrogens with one attached hydrogen (secondary N) is 1. The summed E-state index contributed by atoms with van der Waals surface area (Å²) in [6.45, 7) is 2.73. The van der Waals surface area contributed by atoms with Gasteiger partial charge in [0.25, 0.3) is 0 Å². The predicted molar refractivity (Wildman–Crippen MR) is 63.2 cm³/mol. The predicted octanol–water partition coefficient (Wildman–Crippen LogP) is 2.19. The number of hydrogen-bond acceptors (Lipinski definition) is 5. The Kier molecular flexibility index (Phi) is 3.51. The maximum Gasteiger partial charge on any atom is 0.228 e. The maximum atomic E-state index is 4.89. The molecule has 2 rings (SSSR count). The molecule has 0 spiro atoms. The molecular weight excluding hydrogens is 272 g/mol. The number of pyridine rings is 1. The molecule has 0 saturated heterocycles. The van der Waals surface area contributed by atoms with Gasteiger partial charge in [-0.3, -0.25) is 0 Å². The minimum atomic E-state index is 0.627. The average Bonchev–Trinajstić information content (AvgIpc) is 2.74. The molecule has 0 aliphatic carbocycles. The van der Waals surface area contributed by atoms with Gasteiger partial charge in [0.2, 0.25) is 5.89 Å². The van der Waals surface area contributed by atoms with Crippen LogP contribution in [0.25, 0.3) is 0 Å². The molecule has 0 fully saturated rings. The standard InChI is InChI=1S/C10H11BrN4O/c1-7-4-8(11)5-13-10(7)12-3-2-9-14-6-15-16-9/h4-6H,2-3H2,1H3,(H,12,13). The van der Waals surface area contributed by atoms with Gasteiger partial charge in [-0.1, -0.05) is 5.16 Å². The van der Waals surface area contributed by atoms with E-state index in [-0.39, 0.29) is 0 Å². The largest absolute Gasteiger partial charge is 0.369 e. The van der Waals surface area contributed by atoms with Crippen LogP contribution in [0.2, 0.25) is 0 Å². The van der Waals surface area contributed by atoms with Crippen LogP contribution in [0.15, 0.2) is 27.6 Å². The molecule has 6 heteroatoms.